The van der Waals surface area contributed by atoms with Crippen molar-refractivity contribution in [2.45, 2.75) is 25.8 Å². The van der Waals surface area contributed by atoms with Crippen LogP contribution in [0.3, 0.4) is 0 Å². The van der Waals surface area contributed by atoms with Crippen molar-refractivity contribution in [2.75, 3.05) is 7.05 Å². The fraction of sp³-hybridized carbons (Fsp3) is 0.278. The van der Waals surface area contributed by atoms with Crippen LogP contribution >= 0.6 is 22.9 Å². The Morgan fingerprint density at radius 3 is 2.81 bits per heavy atom. The second-order valence-corrected chi connectivity index (χ2v) is 7.78. The molecule has 0 spiro atoms. The lowest BCUT2D eigenvalue weighted by Crippen LogP contribution is -2.47. The Bertz CT molecular complexity index is 994. The number of hydrogen-bond donors (Lipinski definition) is 1. The summed E-state index contributed by atoms with van der Waals surface area (Å²) in [5.41, 5.74) is 6.47. The van der Waals surface area contributed by atoms with E-state index in [-0.39, 0.29) is 23.9 Å². The molecule has 5 nitrogen and oxygen atoms in total. The first kappa shape index (κ1) is 18.4. The number of nitrogens with zero attached hydrogens (tertiary/aromatic N) is 3. The number of rotatable bonds is 2. The third-order valence-electron chi connectivity index (χ3n) is 4.49. The molecule has 1 aromatic heterocycles. The molecule has 1 aromatic carbocycles. The van der Waals surface area contributed by atoms with Gasteiger partial charge in [-0.05, 0) is 37.1 Å². The Balaban J connectivity index is 2.15. The van der Waals surface area contributed by atoms with Gasteiger partial charge < -0.3 is 5.73 Å². The number of halogens is 2. The van der Waals surface area contributed by atoms with E-state index in [1.807, 2.05) is 19.9 Å². The summed E-state index contributed by atoms with van der Waals surface area (Å²) in [5, 5.41) is 9.56. The van der Waals surface area contributed by atoms with Crippen molar-refractivity contribution in [3.05, 3.63) is 45.0 Å². The molecule has 0 fully saturated rings. The van der Waals surface area contributed by atoms with E-state index in [0.717, 1.165) is 15.3 Å². The van der Waals surface area contributed by atoms with Crippen LogP contribution in [0.5, 0.6) is 0 Å². The zero-order chi connectivity index (χ0) is 19.2. The van der Waals surface area contributed by atoms with Gasteiger partial charge in [-0.2, -0.15) is 5.26 Å². The normalized spacial score (nSPS) is 20.1. The monoisotopic (exact) mass is 390 g/mol. The van der Waals surface area contributed by atoms with E-state index >= 15 is 0 Å². The van der Waals surface area contributed by atoms with E-state index < -0.39 is 11.4 Å². The Hall–Kier alpha value is -2.43. The number of amides is 1. The number of aliphatic imine (C=N–C) groups is 1. The van der Waals surface area contributed by atoms with E-state index in [1.54, 1.807) is 13.1 Å². The highest BCUT2D eigenvalue weighted by atomic mass is 35.5. The van der Waals surface area contributed by atoms with Crippen LogP contribution in [0.1, 0.15) is 29.3 Å². The third kappa shape index (κ3) is 2.85. The largest absolute Gasteiger partial charge is 0.369 e. The first-order valence-corrected chi connectivity index (χ1v) is 8.98. The van der Waals surface area contributed by atoms with Crippen LogP contribution in [0.2, 0.25) is 5.02 Å². The van der Waals surface area contributed by atoms with Crippen molar-refractivity contribution in [3.63, 3.8) is 0 Å². The highest BCUT2D eigenvalue weighted by Gasteiger charge is 2.39. The smallest absolute Gasteiger partial charge is 0.231 e. The number of guanidine groups is 1. The van der Waals surface area contributed by atoms with E-state index in [4.69, 9.17) is 22.6 Å². The maximum absolute atomic E-state index is 13.6. The van der Waals surface area contributed by atoms with Gasteiger partial charge in [-0.3, -0.25) is 9.69 Å². The number of nitrogens with two attached hydrogens (primary N) is 1. The van der Waals surface area contributed by atoms with E-state index in [9.17, 15) is 9.18 Å². The van der Waals surface area contributed by atoms with Crippen molar-refractivity contribution >= 4 is 34.8 Å². The standard InChI is InChI=1S/C18H16ClFN4OS/c1-9-14(19)16(18(2)7-13(25)24(3)17(22)23-18)26-15(9)10-4-5-12(20)11(6-10)8-21/h4-6H,7H2,1-3H3,(H2,22,23). The van der Waals surface area contributed by atoms with E-state index in [0.29, 0.717) is 10.6 Å². The third-order valence-corrected chi connectivity index (χ3v) is 6.66. The van der Waals surface area contributed by atoms with Gasteiger partial charge in [-0.25, -0.2) is 9.38 Å². The van der Waals surface area contributed by atoms with Crippen LogP contribution in [0.4, 0.5) is 4.39 Å². The van der Waals surface area contributed by atoms with Crippen LogP contribution in [0.15, 0.2) is 23.2 Å². The summed E-state index contributed by atoms with van der Waals surface area (Å²) in [5.74, 6) is -0.569. The van der Waals surface area contributed by atoms with Crippen molar-refractivity contribution in [2.24, 2.45) is 10.7 Å². The van der Waals surface area contributed by atoms with Crippen LogP contribution in [0, 0.1) is 24.1 Å². The van der Waals surface area contributed by atoms with Gasteiger partial charge in [0, 0.05) is 11.9 Å². The Labute approximate surface area is 159 Å². The summed E-state index contributed by atoms with van der Waals surface area (Å²) >= 11 is 7.94. The molecule has 1 aliphatic heterocycles. The molecule has 0 saturated heterocycles. The zero-order valence-electron chi connectivity index (χ0n) is 14.4. The van der Waals surface area contributed by atoms with Gasteiger partial charge in [0.15, 0.2) is 5.96 Å². The highest BCUT2D eigenvalue weighted by molar-refractivity contribution is 7.16. The van der Waals surface area contributed by atoms with Gasteiger partial charge in [0.1, 0.15) is 17.4 Å². The molecule has 8 heteroatoms. The molecule has 0 aliphatic carbocycles. The average molecular weight is 391 g/mol. The van der Waals surface area contributed by atoms with Gasteiger partial charge in [-0.1, -0.05) is 17.7 Å². The van der Waals surface area contributed by atoms with E-state index in [2.05, 4.69) is 4.99 Å². The lowest BCUT2D eigenvalue weighted by Gasteiger charge is -2.32. The number of carbonyl (C=O) groups excluding carboxylic acids is 1. The lowest BCUT2D eigenvalue weighted by molar-refractivity contribution is -0.128. The zero-order valence-corrected chi connectivity index (χ0v) is 16.0. The van der Waals surface area contributed by atoms with Crippen LogP contribution in [-0.2, 0) is 10.3 Å². The number of hydrogen-bond acceptors (Lipinski definition) is 5. The average Bonchev–Trinajstić information content (AvgIpc) is 2.89. The number of carbonyl (C=O) groups is 1. The summed E-state index contributed by atoms with van der Waals surface area (Å²) < 4.78 is 13.6. The predicted octanol–water partition coefficient (Wildman–Crippen LogP) is 3.78. The molecule has 0 bridgehead atoms. The van der Waals surface area contributed by atoms with Gasteiger partial charge in [0.2, 0.25) is 5.91 Å². The highest BCUT2D eigenvalue weighted by Crippen LogP contribution is 2.47. The maximum atomic E-state index is 13.6. The van der Waals surface area contributed by atoms with Gasteiger partial charge >= 0.3 is 0 Å². The molecule has 2 heterocycles. The minimum Gasteiger partial charge on any atom is -0.369 e. The molecule has 2 N–H and O–H groups in total. The van der Waals surface area contributed by atoms with Crippen molar-refractivity contribution in [1.29, 1.82) is 5.26 Å². The maximum Gasteiger partial charge on any atom is 0.231 e. The second-order valence-electron chi connectivity index (χ2n) is 6.38. The first-order chi connectivity index (χ1) is 12.2. The van der Waals surface area contributed by atoms with Gasteiger partial charge in [0.25, 0.3) is 0 Å². The summed E-state index contributed by atoms with van der Waals surface area (Å²) in [6, 6.07) is 6.20. The molecule has 1 aliphatic rings. The molecular formula is C18H16ClFN4OS. The van der Waals surface area contributed by atoms with Gasteiger partial charge in [0.05, 0.1) is 21.9 Å². The lowest BCUT2D eigenvalue weighted by atomic mass is 9.93. The minimum absolute atomic E-state index is 0.0316. The molecule has 2 aromatic rings. The molecule has 0 saturated carbocycles. The van der Waals surface area contributed by atoms with Crippen LogP contribution in [0.25, 0.3) is 10.4 Å². The molecule has 1 atom stereocenters. The molecule has 26 heavy (non-hydrogen) atoms. The fourth-order valence-corrected chi connectivity index (χ4v) is 4.66. The summed E-state index contributed by atoms with van der Waals surface area (Å²) in [4.78, 5) is 19.6. The number of thiophene rings is 1. The molecule has 1 amide bonds. The molecule has 0 radical (unpaired) electrons. The van der Waals surface area contributed by atoms with Crippen molar-refractivity contribution < 1.29 is 9.18 Å². The van der Waals surface area contributed by atoms with Crippen LogP contribution in [-0.4, -0.2) is 23.8 Å². The van der Waals surface area contributed by atoms with Crippen LogP contribution < -0.4 is 5.73 Å². The Morgan fingerprint density at radius 2 is 2.19 bits per heavy atom. The molecule has 1 unspecified atom stereocenters. The summed E-state index contributed by atoms with van der Waals surface area (Å²) in [7, 11) is 1.58. The first-order valence-electron chi connectivity index (χ1n) is 7.79. The fourth-order valence-electron chi connectivity index (χ4n) is 2.91. The molecular weight excluding hydrogens is 375 g/mol. The molecule has 134 valence electrons. The van der Waals surface area contributed by atoms with Crippen molar-refractivity contribution in [3.8, 4) is 16.5 Å². The minimum atomic E-state index is -0.865. The number of benzene rings is 1. The Morgan fingerprint density at radius 1 is 1.50 bits per heavy atom. The Kier molecular flexibility index (Phi) is 4.51. The van der Waals surface area contributed by atoms with Gasteiger partial charge in [-0.15, -0.1) is 11.3 Å². The summed E-state index contributed by atoms with van der Waals surface area (Å²) in [6.45, 7) is 3.66. The second kappa shape index (κ2) is 6.38. The summed E-state index contributed by atoms with van der Waals surface area (Å²) in [6.07, 6.45) is 0.149. The SMILES string of the molecule is Cc1c(-c2ccc(F)c(C#N)c2)sc(C2(C)CC(=O)N(C)C(N)=N2)c1Cl. The van der Waals surface area contributed by atoms with Crippen molar-refractivity contribution in [1.82, 2.24) is 4.90 Å². The van der Waals surface area contributed by atoms with E-state index in [1.165, 1.54) is 28.4 Å². The topological polar surface area (TPSA) is 82.5 Å². The molecule has 3 rings (SSSR count). The number of nitriles is 1. The quantitative estimate of drug-likeness (QED) is 0.847. The predicted molar refractivity (Wildman–Crippen MR) is 101 cm³/mol.